The summed E-state index contributed by atoms with van der Waals surface area (Å²) in [5.41, 5.74) is 0.645. The van der Waals surface area contributed by atoms with E-state index in [9.17, 15) is 17.6 Å². The fraction of sp³-hybridized carbons (Fsp3) is 0.444. The standard InChI is InChI=1S/C18H23FN2O3S2/c1-11-14(17(2,3)4)25-16(20-11)21-15(22)18(5,6)26(23,24)13-10-8-7-9-12(13)19/h7-10H,1-6H3,(H,20,21,22). The summed E-state index contributed by atoms with van der Waals surface area (Å²) >= 11 is 1.31. The van der Waals surface area contributed by atoms with E-state index >= 15 is 0 Å². The van der Waals surface area contributed by atoms with Crippen LogP contribution >= 0.6 is 11.3 Å². The molecule has 0 aliphatic heterocycles. The van der Waals surface area contributed by atoms with Crippen LogP contribution in [0.3, 0.4) is 0 Å². The lowest BCUT2D eigenvalue weighted by atomic mass is 9.94. The zero-order chi connectivity index (χ0) is 19.9. The Bertz CT molecular complexity index is 942. The molecule has 0 bridgehead atoms. The summed E-state index contributed by atoms with van der Waals surface area (Å²) in [7, 11) is -4.23. The van der Waals surface area contributed by atoms with E-state index in [0.717, 1.165) is 22.7 Å². The van der Waals surface area contributed by atoms with Crippen LogP contribution in [-0.2, 0) is 20.0 Å². The van der Waals surface area contributed by atoms with Gasteiger partial charge in [0.2, 0.25) is 5.91 Å². The molecule has 0 spiro atoms. The van der Waals surface area contributed by atoms with Gasteiger partial charge in [-0.3, -0.25) is 4.79 Å². The molecule has 0 radical (unpaired) electrons. The van der Waals surface area contributed by atoms with Gasteiger partial charge in [-0.1, -0.05) is 32.9 Å². The predicted molar refractivity (Wildman–Crippen MR) is 102 cm³/mol. The van der Waals surface area contributed by atoms with Gasteiger partial charge in [0.05, 0.1) is 5.69 Å². The number of rotatable bonds is 4. The molecule has 0 aliphatic rings. The first kappa shape index (κ1) is 20.5. The van der Waals surface area contributed by atoms with Crippen LogP contribution in [0.15, 0.2) is 29.2 Å². The van der Waals surface area contributed by atoms with E-state index in [1.54, 1.807) is 0 Å². The number of nitrogens with zero attached hydrogens (tertiary/aromatic N) is 1. The van der Waals surface area contributed by atoms with Gasteiger partial charge in [0.25, 0.3) is 0 Å². The lowest BCUT2D eigenvalue weighted by molar-refractivity contribution is -0.117. The molecule has 2 rings (SSSR count). The fourth-order valence-corrected chi connectivity index (χ4v) is 4.90. The average Bonchev–Trinajstić information content (AvgIpc) is 2.88. The molecule has 142 valence electrons. The van der Waals surface area contributed by atoms with E-state index in [-0.39, 0.29) is 5.41 Å². The first-order valence-corrected chi connectivity index (χ1v) is 10.4. The summed E-state index contributed by atoms with van der Waals surface area (Å²) < 4.78 is 37.7. The number of anilines is 1. The number of aromatic nitrogens is 1. The van der Waals surface area contributed by atoms with Gasteiger partial charge >= 0.3 is 0 Å². The number of hydrogen-bond acceptors (Lipinski definition) is 5. The van der Waals surface area contributed by atoms with Crippen molar-refractivity contribution in [3.05, 3.63) is 40.7 Å². The fourth-order valence-electron chi connectivity index (χ4n) is 2.45. The predicted octanol–water partition coefficient (Wildman–Crippen LogP) is 4.08. The van der Waals surface area contributed by atoms with Gasteiger partial charge < -0.3 is 5.32 Å². The number of halogens is 1. The molecule has 8 heteroatoms. The second kappa shape index (κ2) is 6.74. The largest absolute Gasteiger partial charge is 0.301 e. The summed E-state index contributed by atoms with van der Waals surface area (Å²) in [4.78, 5) is 17.5. The number of amides is 1. The van der Waals surface area contributed by atoms with E-state index in [4.69, 9.17) is 0 Å². The maximum Gasteiger partial charge on any atom is 0.247 e. The van der Waals surface area contributed by atoms with Crippen LogP contribution in [0.25, 0.3) is 0 Å². The number of thiazole rings is 1. The van der Waals surface area contributed by atoms with Crippen molar-refractivity contribution in [1.82, 2.24) is 4.98 Å². The van der Waals surface area contributed by atoms with E-state index in [1.165, 1.54) is 37.3 Å². The second-order valence-electron chi connectivity index (χ2n) is 7.58. The van der Waals surface area contributed by atoms with Crippen LogP contribution < -0.4 is 5.32 Å². The van der Waals surface area contributed by atoms with Crippen molar-refractivity contribution in [2.75, 3.05) is 5.32 Å². The molecule has 1 aromatic heterocycles. The number of benzene rings is 1. The molecule has 1 heterocycles. The summed E-state index contributed by atoms with van der Waals surface area (Å²) in [5, 5.41) is 2.91. The SMILES string of the molecule is Cc1nc(NC(=O)C(C)(C)S(=O)(=O)c2ccccc2F)sc1C(C)(C)C. The monoisotopic (exact) mass is 398 g/mol. The Kier molecular flexibility index (Phi) is 5.31. The summed E-state index contributed by atoms with van der Waals surface area (Å²) in [6, 6.07) is 5.03. The third-order valence-electron chi connectivity index (χ3n) is 4.04. The van der Waals surface area contributed by atoms with Crippen LogP contribution in [0, 0.1) is 12.7 Å². The van der Waals surface area contributed by atoms with Gasteiger partial charge in [-0.25, -0.2) is 17.8 Å². The molecule has 0 saturated heterocycles. The van der Waals surface area contributed by atoms with Crippen LogP contribution in [0.5, 0.6) is 0 Å². The smallest absolute Gasteiger partial charge is 0.247 e. The number of carbonyl (C=O) groups excluding carboxylic acids is 1. The number of sulfone groups is 1. The Balaban J connectivity index is 2.36. The summed E-state index contributed by atoms with van der Waals surface area (Å²) in [6.45, 7) is 10.5. The number of hydrogen-bond donors (Lipinski definition) is 1. The van der Waals surface area contributed by atoms with E-state index in [1.807, 2.05) is 27.7 Å². The first-order chi connectivity index (χ1) is 11.8. The molecule has 0 saturated carbocycles. The second-order valence-corrected chi connectivity index (χ2v) is 11.0. The van der Waals surface area contributed by atoms with E-state index in [0.29, 0.717) is 5.13 Å². The van der Waals surface area contributed by atoms with Crippen molar-refractivity contribution in [3.8, 4) is 0 Å². The highest BCUT2D eigenvalue weighted by Crippen LogP contribution is 2.35. The van der Waals surface area contributed by atoms with Crippen molar-refractivity contribution in [3.63, 3.8) is 0 Å². The molecular weight excluding hydrogens is 375 g/mol. The average molecular weight is 399 g/mol. The third-order valence-corrected chi connectivity index (χ3v) is 7.98. The Morgan fingerprint density at radius 1 is 1.15 bits per heavy atom. The summed E-state index contributed by atoms with van der Waals surface area (Å²) in [5.74, 6) is -1.64. The molecule has 26 heavy (non-hydrogen) atoms. The Morgan fingerprint density at radius 2 is 1.73 bits per heavy atom. The molecule has 1 aromatic carbocycles. The zero-order valence-corrected chi connectivity index (χ0v) is 17.3. The lowest BCUT2D eigenvalue weighted by Gasteiger charge is -2.23. The maximum atomic E-state index is 14.0. The first-order valence-electron chi connectivity index (χ1n) is 8.07. The van der Waals surface area contributed by atoms with E-state index in [2.05, 4.69) is 10.3 Å². The molecule has 1 amide bonds. The molecule has 0 aliphatic carbocycles. The molecular formula is C18H23FN2O3S2. The van der Waals surface area contributed by atoms with E-state index < -0.39 is 31.2 Å². The van der Waals surface area contributed by atoms with Crippen LogP contribution in [-0.4, -0.2) is 24.1 Å². The normalized spacial score (nSPS) is 12.9. The van der Waals surface area contributed by atoms with Crippen molar-refractivity contribution in [2.45, 2.75) is 56.6 Å². The molecule has 0 unspecified atom stereocenters. The van der Waals surface area contributed by atoms with Crippen LogP contribution in [0.1, 0.15) is 45.2 Å². The Morgan fingerprint density at radius 3 is 2.23 bits per heavy atom. The zero-order valence-electron chi connectivity index (χ0n) is 15.7. The molecule has 1 N–H and O–H groups in total. The van der Waals surface area contributed by atoms with Crippen LogP contribution in [0.2, 0.25) is 0 Å². The van der Waals surface area contributed by atoms with Gasteiger partial charge in [-0.05, 0) is 38.3 Å². The molecule has 0 fully saturated rings. The van der Waals surface area contributed by atoms with Crippen molar-refractivity contribution in [2.24, 2.45) is 0 Å². The van der Waals surface area contributed by atoms with Gasteiger partial charge in [0.15, 0.2) is 15.0 Å². The molecule has 2 aromatic rings. The highest BCUT2D eigenvalue weighted by atomic mass is 32.2. The highest BCUT2D eigenvalue weighted by Gasteiger charge is 2.44. The minimum Gasteiger partial charge on any atom is -0.301 e. The highest BCUT2D eigenvalue weighted by molar-refractivity contribution is 7.93. The minimum absolute atomic E-state index is 0.139. The number of nitrogens with one attached hydrogen (secondary N) is 1. The minimum atomic E-state index is -4.23. The topological polar surface area (TPSA) is 76.1 Å². The van der Waals surface area contributed by atoms with Crippen molar-refractivity contribution < 1.29 is 17.6 Å². The third kappa shape index (κ3) is 3.66. The number of carbonyl (C=O) groups is 1. The number of aryl methyl sites for hydroxylation is 1. The van der Waals surface area contributed by atoms with Crippen LogP contribution in [0.4, 0.5) is 9.52 Å². The Hall–Kier alpha value is -1.80. The van der Waals surface area contributed by atoms with Crippen molar-refractivity contribution >= 4 is 32.2 Å². The van der Waals surface area contributed by atoms with Crippen molar-refractivity contribution in [1.29, 1.82) is 0 Å². The summed E-state index contributed by atoms with van der Waals surface area (Å²) in [6.07, 6.45) is 0. The van der Waals surface area contributed by atoms with Gasteiger partial charge in [0, 0.05) is 4.88 Å². The maximum absolute atomic E-state index is 14.0. The van der Waals surface area contributed by atoms with Gasteiger partial charge in [0.1, 0.15) is 15.5 Å². The van der Waals surface area contributed by atoms with Gasteiger partial charge in [-0.15, -0.1) is 11.3 Å². The van der Waals surface area contributed by atoms with Gasteiger partial charge in [-0.2, -0.15) is 0 Å². The Labute approximate surface area is 157 Å². The quantitative estimate of drug-likeness (QED) is 0.842. The molecule has 0 atom stereocenters. The lowest BCUT2D eigenvalue weighted by Crippen LogP contribution is -2.44. The molecule has 5 nitrogen and oxygen atoms in total.